The van der Waals surface area contributed by atoms with Crippen molar-refractivity contribution in [3.63, 3.8) is 0 Å². The van der Waals surface area contributed by atoms with Gasteiger partial charge < -0.3 is 10.2 Å². The number of piperidine rings is 1. The van der Waals surface area contributed by atoms with Gasteiger partial charge >= 0.3 is 0 Å². The maximum absolute atomic E-state index is 13.0. The van der Waals surface area contributed by atoms with Crippen molar-refractivity contribution >= 4 is 21.6 Å². The molecule has 160 valence electrons. The van der Waals surface area contributed by atoms with Gasteiger partial charge in [0.05, 0.1) is 4.90 Å². The second kappa shape index (κ2) is 8.49. The Morgan fingerprint density at radius 2 is 1.70 bits per heavy atom. The predicted molar refractivity (Wildman–Crippen MR) is 118 cm³/mol. The second-order valence-corrected chi connectivity index (χ2v) is 10.4. The van der Waals surface area contributed by atoms with E-state index in [1.165, 1.54) is 15.4 Å². The molecule has 0 radical (unpaired) electrons. The second-order valence-electron chi connectivity index (χ2n) is 8.37. The maximum atomic E-state index is 13.0. The molecule has 0 bridgehead atoms. The Morgan fingerprint density at radius 3 is 2.40 bits per heavy atom. The highest BCUT2D eigenvalue weighted by Crippen LogP contribution is 2.25. The first-order valence-corrected chi connectivity index (χ1v) is 12.0. The molecule has 2 aliphatic rings. The summed E-state index contributed by atoms with van der Waals surface area (Å²) >= 11 is 0. The van der Waals surface area contributed by atoms with Crippen molar-refractivity contribution in [1.29, 1.82) is 0 Å². The molecular weight excluding hydrogens is 398 g/mol. The molecule has 0 spiro atoms. The number of carbonyl (C=O) groups excluding carboxylic acids is 1. The van der Waals surface area contributed by atoms with Crippen LogP contribution in [0.25, 0.3) is 0 Å². The van der Waals surface area contributed by atoms with Crippen LogP contribution in [0.5, 0.6) is 0 Å². The molecule has 1 N–H and O–H groups in total. The van der Waals surface area contributed by atoms with Crippen LogP contribution in [0.2, 0.25) is 0 Å². The van der Waals surface area contributed by atoms with Crippen LogP contribution < -0.4 is 5.32 Å². The predicted octanol–water partition coefficient (Wildman–Crippen LogP) is 3.14. The first-order valence-electron chi connectivity index (χ1n) is 10.5. The lowest BCUT2D eigenvalue weighted by Crippen LogP contribution is -2.44. The number of fused-ring (bicyclic) bond motifs is 1. The van der Waals surface area contributed by atoms with E-state index in [9.17, 15) is 13.2 Å². The summed E-state index contributed by atoms with van der Waals surface area (Å²) in [6.07, 6.45) is 4.91. The van der Waals surface area contributed by atoms with Gasteiger partial charge in [0.1, 0.15) is 0 Å². The van der Waals surface area contributed by atoms with Crippen molar-refractivity contribution < 1.29 is 13.2 Å². The molecule has 6 nitrogen and oxygen atoms in total. The van der Waals surface area contributed by atoms with Crippen molar-refractivity contribution in [3.8, 4) is 0 Å². The van der Waals surface area contributed by atoms with E-state index in [2.05, 4.69) is 17.3 Å². The van der Waals surface area contributed by atoms with Gasteiger partial charge in [0, 0.05) is 24.3 Å². The summed E-state index contributed by atoms with van der Waals surface area (Å²) in [5, 5.41) is 2.87. The van der Waals surface area contributed by atoms with Gasteiger partial charge in [0.2, 0.25) is 10.0 Å². The summed E-state index contributed by atoms with van der Waals surface area (Å²) in [6, 6.07) is 12.3. The Morgan fingerprint density at radius 1 is 1.03 bits per heavy atom. The van der Waals surface area contributed by atoms with Crippen LogP contribution in [0.3, 0.4) is 0 Å². The molecule has 0 unspecified atom stereocenters. The topological polar surface area (TPSA) is 69.7 Å². The number of hydrogen-bond donors (Lipinski definition) is 1. The minimum atomic E-state index is -3.56. The van der Waals surface area contributed by atoms with Crippen LogP contribution in [-0.4, -0.2) is 56.8 Å². The fourth-order valence-electron chi connectivity index (χ4n) is 4.35. The highest BCUT2D eigenvalue weighted by atomic mass is 32.2. The Labute approximate surface area is 178 Å². The zero-order valence-electron chi connectivity index (χ0n) is 17.6. The van der Waals surface area contributed by atoms with Gasteiger partial charge in [0.25, 0.3) is 5.91 Å². The van der Waals surface area contributed by atoms with E-state index in [0.29, 0.717) is 11.3 Å². The first-order chi connectivity index (χ1) is 14.3. The molecule has 1 fully saturated rings. The number of nitrogens with zero attached hydrogens (tertiary/aromatic N) is 2. The fraction of sp³-hybridized carbons (Fsp3) is 0.435. The lowest BCUT2D eigenvalue weighted by molar-refractivity contribution is 0.102. The molecule has 1 aliphatic carbocycles. The zero-order valence-corrected chi connectivity index (χ0v) is 18.4. The number of hydrogen-bond acceptors (Lipinski definition) is 4. The minimum Gasteiger partial charge on any atom is -0.322 e. The van der Waals surface area contributed by atoms with Gasteiger partial charge in [-0.05, 0) is 99.8 Å². The highest BCUT2D eigenvalue weighted by Gasteiger charge is 2.30. The quantitative estimate of drug-likeness (QED) is 0.796. The lowest BCUT2D eigenvalue weighted by Gasteiger charge is -2.34. The van der Waals surface area contributed by atoms with E-state index in [-0.39, 0.29) is 16.8 Å². The zero-order chi connectivity index (χ0) is 21.3. The molecule has 0 saturated carbocycles. The van der Waals surface area contributed by atoms with Crippen molar-refractivity contribution in [2.24, 2.45) is 0 Å². The van der Waals surface area contributed by atoms with Gasteiger partial charge in [-0.25, -0.2) is 8.42 Å². The third-order valence-electron chi connectivity index (χ3n) is 6.35. The number of benzene rings is 2. The molecule has 1 aliphatic heterocycles. The summed E-state index contributed by atoms with van der Waals surface area (Å²) in [7, 11) is 0.159. The number of nitrogens with one attached hydrogen (secondary N) is 1. The Kier molecular flexibility index (Phi) is 5.95. The Balaban J connectivity index is 1.43. The Bertz CT molecular complexity index is 1030. The van der Waals surface area contributed by atoms with Crippen LogP contribution in [0.4, 0.5) is 5.69 Å². The monoisotopic (exact) mass is 427 g/mol. The third kappa shape index (κ3) is 4.29. The summed E-state index contributed by atoms with van der Waals surface area (Å²) in [5.41, 5.74) is 3.80. The molecule has 30 heavy (non-hydrogen) atoms. The summed E-state index contributed by atoms with van der Waals surface area (Å²) in [6.45, 7) is 1.80. The number of rotatable bonds is 5. The SMILES string of the molecule is CN1CCC(N(C)S(=O)(=O)c2ccc(NC(=O)c3ccc4c(c3)CCC4)cc2)CC1. The van der Waals surface area contributed by atoms with Crippen molar-refractivity contribution in [2.75, 3.05) is 32.5 Å². The van der Waals surface area contributed by atoms with Crippen LogP contribution in [-0.2, 0) is 22.9 Å². The molecule has 0 atom stereocenters. The number of carbonyl (C=O) groups is 1. The highest BCUT2D eigenvalue weighted by molar-refractivity contribution is 7.89. The molecule has 0 aromatic heterocycles. The smallest absolute Gasteiger partial charge is 0.255 e. The molecule has 1 amide bonds. The molecule has 1 heterocycles. The van der Waals surface area contributed by atoms with Crippen LogP contribution >= 0.6 is 0 Å². The number of aryl methyl sites for hydroxylation is 2. The van der Waals surface area contributed by atoms with Gasteiger partial charge in [0.15, 0.2) is 0 Å². The first kappa shape index (κ1) is 21.0. The van der Waals surface area contributed by atoms with Crippen LogP contribution in [0, 0.1) is 0 Å². The van der Waals surface area contributed by atoms with E-state index in [0.717, 1.165) is 45.2 Å². The summed E-state index contributed by atoms with van der Waals surface area (Å²) < 4.78 is 27.5. The van der Waals surface area contributed by atoms with Crippen LogP contribution in [0.1, 0.15) is 40.7 Å². The number of amides is 1. The van der Waals surface area contributed by atoms with Crippen molar-refractivity contribution in [1.82, 2.24) is 9.21 Å². The van der Waals surface area contributed by atoms with E-state index >= 15 is 0 Å². The summed E-state index contributed by atoms with van der Waals surface area (Å²) in [4.78, 5) is 15.1. The van der Waals surface area contributed by atoms with Gasteiger partial charge in [-0.3, -0.25) is 4.79 Å². The van der Waals surface area contributed by atoms with E-state index in [4.69, 9.17) is 0 Å². The average Bonchev–Trinajstić information content (AvgIpc) is 3.22. The van der Waals surface area contributed by atoms with Gasteiger partial charge in [-0.15, -0.1) is 0 Å². The lowest BCUT2D eigenvalue weighted by atomic mass is 10.1. The maximum Gasteiger partial charge on any atom is 0.255 e. The van der Waals surface area contributed by atoms with Crippen molar-refractivity contribution in [3.05, 3.63) is 59.2 Å². The standard InChI is InChI=1S/C23H29N3O3S/c1-25-14-12-21(13-15-25)26(2)30(28,29)22-10-8-20(9-11-22)24-23(27)19-7-6-17-4-3-5-18(17)16-19/h6-11,16,21H,3-5,12-15H2,1-2H3,(H,24,27). The molecule has 2 aromatic carbocycles. The number of anilines is 1. The largest absolute Gasteiger partial charge is 0.322 e. The van der Waals surface area contributed by atoms with Crippen molar-refractivity contribution in [2.45, 2.75) is 43.0 Å². The van der Waals surface area contributed by atoms with Gasteiger partial charge in [-0.2, -0.15) is 4.31 Å². The summed E-state index contributed by atoms with van der Waals surface area (Å²) in [5.74, 6) is -0.177. The molecule has 1 saturated heterocycles. The van der Waals surface area contributed by atoms with E-state index in [1.807, 2.05) is 18.2 Å². The number of sulfonamides is 1. The Hall–Kier alpha value is -2.22. The molecular formula is C23H29N3O3S. The third-order valence-corrected chi connectivity index (χ3v) is 8.28. The normalized spacial score (nSPS) is 17.8. The van der Waals surface area contributed by atoms with E-state index < -0.39 is 10.0 Å². The molecule has 4 rings (SSSR count). The molecule has 2 aromatic rings. The fourth-order valence-corrected chi connectivity index (χ4v) is 5.76. The average molecular weight is 428 g/mol. The molecule has 7 heteroatoms. The minimum absolute atomic E-state index is 0.0189. The van der Waals surface area contributed by atoms with Crippen LogP contribution in [0.15, 0.2) is 47.4 Å². The number of likely N-dealkylation sites (tertiary alicyclic amines) is 1. The van der Waals surface area contributed by atoms with E-state index in [1.54, 1.807) is 31.3 Å². The van der Waals surface area contributed by atoms with Gasteiger partial charge in [-0.1, -0.05) is 6.07 Å².